The van der Waals surface area contributed by atoms with Gasteiger partial charge in [0.2, 0.25) is 0 Å². The van der Waals surface area contributed by atoms with E-state index in [0.717, 1.165) is 44.9 Å². The van der Waals surface area contributed by atoms with Crippen LogP contribution in [0.15, 0.2) is 218 Å². The van der Waals surface area contributed by atoms with Gasteiger partial charge < -0.3 is 14.0 Å². The first-order valence-electron chi connectivity index (χ1n) is 30.3. The molecule has 3 unspecified atom stereocenters. The fraction of sp³-hybridized carbons (Fsp3) is 0.139. The molecule has 0 spiro atoms. The van der Waals surface area contributed by atoms with Crippen molar-refractivity contribution in [3.8, 4) is 44.8 Å². The highest BCUT2D eigenvalue weighted by molar-refractivity contribution is 7.26. The normalized spacial score (nSPS) is 18.9. The van der Waals surface area contributed by atoms with Gasteiger partial charge in [0, 0.05) is 99.4 Å². The lowest BCUT2D eigenvalue weighted by atomic mass is 9.75. The summed E-state index contributed by atoms with van der Waals surface area (Å²) in [5.41, 5.74) is 30.3. The number of allylic oxidation sites excluding steroid dienone is 6. The van der Waals surface area contributed by atoms with Crippen molar-refractivity contribution in [3.05, 3.63) is 251 Å². The van der Waals surface area contributed by atoms with Crippen molar-refractivity contribution in [1.29, 1.82) is 0 Å². The summed E-state index contributed by atoms with van der Waals surface area (Å²) in [6.45, 7) is 2.47. The molecular formula is C79H55N3S. The molecular weight excluding hydrogens is 1020 g/mol. The van der Waals surface area contributed by atoms with Crippen molar-refractivity contribution < 1.29 is 0 Å². The molecule has 6 aliphatic carbocycles. The maximum absolute atomic E-state index is 2.81. The molecule has 0 saturated carbocycles. The van der Waals surface area contributed by atoms with E-state index in [9.17, 15) is 0 Å². The Balaban J connectivity index is 0.749. The van der Waals surface area contributed by atoms with E-state index in [4.69, 9.17) is 0 Å². The Kier molecular flexibility index (Phi) is 9.02. The topological polar surface area (TPSA) is 13.1 Å². The van der Waals surface area contributed by atoms with Gasteiger partial charge in [-0.1, -0.05) is 165 Å². The van der Waals surface area contributed by atoms with Gasteiger partial charge in [-0.2, -0.15) is 0 Å². The zero-order valence-corrected chi connectivity index (χ0v) is 47.0. The Hall–Kier alpha value is -9.22. The predicted molar refractivity (Wildman–Crippen MR) is 351 cm³/mol. The molecule has 392 valence electrons. The van der Waals surface area contributed by atoms with Gasteiger partial charge in [-0.25, -0.2) is 0 Å². The molecule has 0 radical (unpaired) electrons. The fourth-order valence-electron chi connectivity index (χ4n) is 17.4. The fourth-order valence-corrected chi connectivity index (χ4v) is 18.6. The van der Waals surface area contributed by atoms with Crippen LogP contribution in [-0.4, -0.2) is 15.2 Å². The van der Waals surface area contributed by atoms with Crippen molar-refractivity contribution in [3.63, 3.8) is 0 Å². The maximum Gasteiger partial charge on any atom is 0.0626 e. The van der Waals surface area contributed by atoms with E-state index in [-0.39, 0.29) is 5.92 Å². The summed E-state index contributed by atoms with van der Waals surface area (Å²) in [5.74, 6) is 0.629. The molecule has 3 atom stereocenters. The minimum absolute atomic E-state index is 0.227. The molecule has 4 heteroatoms. The molecule has 10 aromatic carbocycles. The molecule has 0 N–H and O–H groups in total. The quantitative estimate of drug-likeness (QED) is 0.171. The molecule has 20 rings (SSSR count). The number of hydrogen-bond acceptors (Lipinski definition) is 2. The second-order valence-corrected chi connectivity index (χ2v) is 25.7. The number of fused-ring (bicyclic) bond motifs is 21. The first kappa shape index (κ1) is 45.4. The van der Waals surface area contributed by atoms with Gasteiger partial charge >= 0.3 is 0 Å². The van der Waals surface area contributed by atoms with Crippen LogP contribution in [0, 0.1) is 11.8 Å². The largest absolute Gasteiger partial charge is 0.340 e. The highest BCUT2D eigenvalue weighted by Gasteiger charge is 2.46. The highest BCUT2D eigenvalue weighted by Crippen LogP contribution is 2.58. The number of hydrogen-bond donors (Lipinski definition) is 0. The standard InChI is InChI=1S/C79H55N3S/c1-44-13-6-27-62-72-54(23-11-29-66(72)81(77(44)62)49-34-32-48(33-35-49)80-65-28-5-4-20-59(65)76-68(80)41-40-56-52-21-7-15-46-17-9-25-60(70(46)52)74(56)76)55-24-12-30-67-73(55)63-39-38-57-53-22-8-16-47-18-10-26-61(71(47)53)75(57)78(63)82(67)50-36-42-69-64(43-50)58-37-31-45-14-2-3-19-51(45)79(58)83-69/h2-4,6,8-10,12,14,16-27,30-44,66,72H,5,7,11,13,15,28-29H2,1H3. The Morgan fingerprint density at radius 3 is 2.23 bits per heavy atom. The van der Waals surface area contributed by atoms with Crippen LogP contribution in [0.1, 0.15) is 72.5 Å². The SMILES string of the molecule is CC1CC=CC2=C1N(c1ccc(-n3c4c(c5c6c(ccc53)C3=CCCc5cccc-6c53)C=CCC4)cc1)C1CCC=C(c3cccc4c3c3ccc5c(c3n4-c3ccc4sc6c7ccccc7ccc6c4c3)-c3cccc4cccc-5c34)C21. The third-order valence-electron chi connectivity index (χ3n) is 20.6. The smallest absolute Gasteiger partial charge is 0.0626 e. The van der Waals surface area contributed by atoms with E-state index in [0.29, 0.717) is 12.0 Å². The lowest BCUT2D eigenvalue weighted by Crippen LogP contribution is -2.37. The highest BCUT2D eigenvalue weighted by atomic mass is 32.1. The zero-order chi connectivity index (χ0) is 53.9. The number of benzene rings is 10. The van der Waals surface area contributed by atoms with Crippen LogP contribution in [0.5, 0.6) is 0 Å². The first-order chi connectivity index (χ1) is 41.1. The number of thiophene rings is 1. The van der Waals surface area contributed by atoms with E-state index >= 15 is 0 Å². The predicted octanol–water partition coefficient (Wildman–Crippen LogP) is 20.9. The molecule has 13 aromatic rings. The molecule has 0 fully saturated rings. The van der Waals surface area contributed by atoms with E-state index in [1.165, 1.54) is 181 Å². The second-order valence-electron chi connectivity index (χ2n) is 24.6. The number of aryl methyl sites for hydroxylation is 1. The monoisotopic (exact) mass is 1080 g/mol. The summed E-state index contributed by atoms with van der Waals surface area (Å²) < 4.78 is 7.95. The van der Waals surface area contributed by atoms with Gasteiger partial charge in [0.25, 0.3) is 0 Å². The number of rotatable bonds is 4. The molecule has 7 aliphatic rings. The van der Waals surface area contributed by atoms with Crippen LogP contribution in [-0.2, 0) is 12.8 Å². The average molecular weight is 1080 g/mol. The summed E-state index contributed by atoms with van der Waals surface area (Å²) in [6.07, 6.45) is 22.5. The first-order valence-corrected chi connectivity index (χ1v) is 31.1. The van der Waals surface area contributed by atoms with Crippen LogP contribution >= 0.6 is 11.3 Å². The lowest BCUT2D eigenvalue weighted by Gasteiger charge is -2.37. The van der Waals surface area contributed by atoms with Gasteiger partial charge in [0.05, 0.1) is 16.6 Å². The van der Waals surface area contributed by atoms with Gasteiger partial charge in [-0.05, 0) is 182 Å². The zero-order valence-electron chi connectivity index (χ0n) is 46.1. The van der Waals surface area contributed by atoms with Crippen molar-refractivity contribution >= 4 is 109 Å². The van der Waals surface area contributed by atoms with E-state index in [2.05, 4.69) is 233 Å². The van der Waals surface area contributed by atoms with Crippen LogP contribution in [0.3, 0.4) is 0 Å². The summed E-state index contributed by atoms with van der Waals surface area (Å²) in [5, 5.41) is 12.0. The van der Waals surface area contributed by atoms with Crippen LogP contribution in [0.2, 0.25) is 0 Å². The maximum atomic E-state index is 2.81. The van der Waals surface area contributed by atoms with Gasteiger partial charge in [0.1, 0.15) is 0 Å². The minimum atomic E-state index is 0.227. The number of aromatic nitrogens is 2. The van der Waals surface area contributed by atoms with Crippen LogP contribution < -0.4 is 4.90 Å². The summed E-state index contributed by atoms with van der Waals surface area (Å²) in [7, 11) is 0. The van der Waals surface area contributed by atoms with E-state index < -0.39 is 0 Å². The Bertz CT molecular complexity index is 5320. The molecule has 3 nitrogen and oxygen atoms in total. The second kappa shape index (κ2) is 16.5. The molecule has 0 bridgehead atoms. The summed E-state index contributed by atoms with van der Waals surface area (Å²) in [6, 6.07) is 68.7. The Morgan fingerprint density at radius 1 is 0.494 bits per heavy atom. The van der Waals surface area contributed by atoms with Gasteiger partial charge in [-0.3, -0.25) is 0 Å². The van der Waals surface area contributed by atoms with Crippen LogP contribution in [0.25, 0.3) is 136 Å². The van der Waals surface area contributed by atoms with E-state index in [1.807, 2.05) is 11.3 Å². The van der Waals surface area contributed by atoms with Gasteiger partial charge in [-0.15, -0.1) is 11.3 Å². The number of anilines is 1. The third kappa shape index (κ3) is 5.89. The Morgan fingerprint density at radius 2 is 1.29 bits per heavy atom. The van der Waals surface area contributed by atoms with Crippen LogP contribution in [0.4, 0.5) is 5.69 Å². The van der Waals surface area contributed by atoms with E-state index in [1.54, 1.807) is 0 Å². The summed E-state index contributed by atoms with van der Waals surface area (Å²) >= 11 is 1.92. The molecule has 3 aromatic heterocycles. The average Bonchev–Trinajstić information content (AvgIpc) is 3.19. The number of nitrogens with zero attached hydrogens (tertiary/aromatic N) is 3. The minimum Gasteiger partial charge on any atom is -0.340 e. The van der Waals surface area contributed by atoms with Crippen molar-refractivity contribution in [2.45, 2.75) is 57.9 Å². The molecule has 1 aliphatic heterocycles. The molecule has 4 heterocycles. The summed E-state index contributed by atoms with van der Waals surface area (Å²) in [4.78, 5) is 2.81. The van der Waals surface area contributed by atoms with Crippen molar-refractivity contribution in [2.75, 3.05) is 4.90 Å². The third-order valence-corrected chi connectivity index (χ3v) is 21.8. The Labute approximate surface area is 485 Å². The van der Waals surface area contributed by atoms with Crippen molar-refractivity contribution in [2.24, 2.45) is 11.8 Å². The molecule has 0 amide bonds. The lowest BCUT2D eigenvalue weighted by molar-refractivity contribution is 0.529. The molecule has 0 saturated heterocycles. The van der Waals surface area contributed by atoms with Crippen molar-refractivity contribution in [1.82, 2.24) is 9.13 Å². The molecule has 83 heavy (non-hydrogen) atoms. The van der Waals surface area contributed by atoms with Gasteiger partial charge in [0.15, 0.2) is 0 Å².